The van der Waals surface area contributed by atoms with Gasteiger partial charge in [-0.25, -0.2) is 4.79 Å². The van der Waals surface area contributed by atoms with Crippen LogP contribution in [0.2, 0.25) is 0 Å². The van der Waals surface area contributed by atoms with Crippen LogP contribution in [0, 0.1) is 6.92 Å². The zero-order valence-corrected chi connectivity index (χ0v) is 16.3. The summed E-state index contributed by atoms with van der Waals surface area (Å²) in [6.07, 6.45) is 0. The van der Waals surface area contributed by atoms with E-state index in [-0.39, 0.29) is 11.4 Å². The zero-order valence-electron chi connectivity index (χ0n) is 14.7. The Kier molecular flexibility index (Phi) is 5.60. The molecule has 142 valence electrons. The maximum absolute atomic E-state index is 11.7. The monoisotopic (exact) mass is 441 g/mol. The summed E-state index contributed by atoms with van der Waals surface area (Å²) < 4.78 is 0.852. The van der Waals surface area contributed by atoms with Gasteiger partial charge in [-0.3, -0.25) is 0 Å². The van der Waals surface area contributed by atoms with Crippen LogP contribution < -0.4 is 5.32 Å². The number of carbonyl (C=O) groups is 1. The van der Waals surface area contributed by atoms with Gasteiger partial charge in [0.15, 0.2) is 5.75 Å². The van der Waals surface area contributed by atoms with Crippen molar-refractivity contribution in [3.05, 3.63) is 70.2 Å². The van der Waals surface area contributed by atoms with Crippen LogP contribution in [-0.4, -0.2) is 21.3 Å². The number of aromatic carboxylic acids is 1. The lowest BCUT2D eigenvalue weighted by Crippen LogP contribution is -2.01. The van der Waals surface area contributed by atoms with E-state index in [1.54, 1.807) is 36.4 Å². The summed E-state index contributed by atoms with van der Waals surface area (Å²) in [5.41, 5.74) is 1.18. The summed E-state index contributed by atoms with van der Waals surface area (Å²) in [6, 6.07) is 15.3. The molecule has 0 saturated heterocycles. The Morgan fingerprint density at radius 1 is 1.00 bits per heavy atom. The molecule has 0 amide bonds. The van der Waals surface area contributed by atoms with Gasteiger partial charge in [-0.2, -0.15) is 5.11 Å². The molecule has 0 atom stereocenters. The Morgan fingerprint density at radius 3 is 2.32 bits per heavy atom. The fourth-order valence-electron chi connectivity index (χ4n) is 2.52. The van der Waals surface area contributed by atoms with E-state index in [4.69, 9.17) is 0 Å². The maximum atomic E-state index is 11.7. The quantitative estimate of drug-likeness (QED) is 0.219. The third-order valence-corrected chi connectivity index (χ3v) is 4.50. The normalized spacial score (nSPS) is 10.9. The number of anilines is 2. The van der Waals surface area contributed by atoms with Crippen LogP contribution in [0.15, 0.2) is 69.3 Å². The summed E-state index contributed by atoms with van der Waals surface area (Å²) in [5, 5.41) is 41.1. The van der Waals surface area contributed by atoms with Gasteiger partial charge in [0.1, 0.15) is 17.0 Å². The smallest absolute Gasteiger partial charge is 0.342 e. The number of phenolic OH excluding ortho intramolecular Hbond substituents is 1. The van der Waals surface area contributed by atoms with Crippen LogP contribution in [0.4, 0.5) is 22.7 Å². The average molecular weight is 442 g/mol. The maximum Gasteiger partial charge on any atom is 0.342 e. The lowest BCUT2D eigenvalue weighted by Gasteiger charge is -2.14. The highest BCUT2D eigenvalue weighted by Gasteiger charge is 2.23. The van der Waals surface area contributed by atoms with Crippen molar-refractivity contribution < 1.29 is 20.1 Å². The fraction of sp³-hybridized carbons (Fsp3) is 0.0500. The predicted molar refractivity (Wildman–Crippen MR) is 110 cm³/mol. The molecule has 0 saturated carbocycles. The molecule has 0 aliphatic carbocycles. The number of hydrogen-bond donors (Lipinski definition) is 4. The molecule has 3 aromatic carbocycles. The largest absolute Gasteiger partial charge is 0.506 e. The third-order valence-electron chi connectivity index (χ3n) is 3.97. The second-order valence-electron chi connectivity index (χ2n) is 5.94. The topological polar surface area (TPSA) is 115 Å². The number of azo groups is 1. The van der Waals surface area contributed by atoms with E-state index in [1.165, 1.54) is 6.07 Å². The molecule has 8 heteroatoms. The molecule has 0 fully saturated rings. The van der Waals surface area contributed by atoms with E-state index < -0.39 is 23.0 Å². The fourth-order valence-corrected chi connectivity index (χ4v) is 2.79. The van der Waals surface area contributed by atoms with Crippen molar-refractivity contribution in [1.82, 2.24) is 0 Å². The number of para-hydroxylation sites is 1. The Balaban J connectivity index is 2.04. The van der Waals surface area contributed by atoms with E-state index in [0.717, 1.165) is 10.0 Å². The van der Waals surface area contributed by atoms with Crippen molar-refractivity contribution in [3.63, 3.8) is 0 Å². The zero-order chi connectivity index (χ0) is 20.3. The molecular weight excluding hydrogens is 426 g/mol. The summed E-state index contributed by atoms with van der Waals surface area (Å²) in [5.74, 6) is -2.41. The van der Waals surface area contributed by atoms with E-state index in [2.05, 4.69) is 31.5 Å². The molecule has 4 N–H and O–H groups in total. The van der Waals surface area contributed by atoms with Crippen molar-refractivity contribution in [1.29, 1.82) is 0 Å². The second-order valence-corrected chi connectivity index (χ2v) is 6.85. The molecule has 0 spiro atoms. The number of rotatable bonds is 5. The van der Waals surface area contributed by atoms with Gasteiger partial charge in [0.25, 0.3) is 0 Å². The third kappa shape index (κ3) is 4.12. The lowest BCUT2D eigenvalue weighted by molar-refractivity contribution is 0.0694. The van der Waals surface area contributed by atoms with Crippen molar-refractivity contribution >= 4 is 44.6 Å². The number of hydrogen-bond acceptors (Lipinski definition) is 6. The van der Waals surface area contributed by atoms with Crippen LogP contribution in [0.1, 0.15) is 15.9 Å². The van der Waals surface area contributed by atoms with Crippen LogP contribution in [0.3, 0.4) is 0 Å². The molecule has 3 aromatic rings. The average Bonchev–Trinajstić information content (AvgIpc) is 2.66. The van der Waals surface area contributed by atoms with Crippen molar-refractivity contribution in [2.24, 2.45) is 10.2 Å². The van der Waals surface area contributed by atoms with Gasteiger partial charge in [-0.1, -0.05) is 34.1 Å². The molecule has 0 unspecified atom stereocenters. The van der Waals surface area contributed by atoms with E-state index >= 15 is 0 Å². The molecule has 0 radical (unpaired) electrons. The second kappa shape index (κ2) is 8.10. The summed E-state index contributed by atoms with van der Waals surface area (Å²) in [6.45, 7) is 1.86. The van der Waals surface area contributed by atoms with E-state index in [9.17, 15) is 20.1 Å². The lowest BCUT2D eigenvalue weighted by atomic mass is 10.1. The number of halogens is 1. The first-order chi connectivity index (χ1) is 13.4. The van der Waals surface area contributed by atoms with Gasteiger partial charge < -0.3 is 20.6 Å². The highest BCUT2D eigenvalue weighted by atomic mass is 79.9. The van der Waals surface area contributed by atoms with Gasteiger partial charge in [0.05, 0.1) is 11.4 Å². The van der Waals surface area contributed by atoms with Gasteiger partial charge in [0, 0.05) is 16.2 Å². The Hall–Kier alpha value is -3.39. The van der Waals surface area contributed by atoms with Crippen LogP contribution in [-0.2, 0) is 0 Å². The number of aryl methyl sites for hydroxylation is 1. The highest BCUT2D eigenvalue weighted by molar-refractivity contribution is 9.10. The Bertz CT molecular complexity index is 1070. The minimum absolute atomic E-state index is 0.0480. The molecule has 3 rings (SSSR count). The van der Waals surface area contributed by atoms with Crippen molar-refractivity contribution in [2.45, 2.75) is 6.92 Å². The molecule has 0 aromatic heterocycles. The molecule has 0 heterocycles. The summed E-state index contributed by atoms with van der Waals surface area (Å²) in [4.78, 5) is 11.7. The highest BCUT2D eigenvalue weighted by Crippen LogP contribution is 2.44. The van der Waals surface area contributed by atoms with Gasteiger partial charge in [-0.05, 0) is 42.8 Å². The van der Waals surface area contributed by atoms with Crippen molar-refractivity contribution in [2.75, 3.05) is 5.32 Å². The minimum Gasteiger partial charge on any atom is -0.506 e. The van der Waals surface area contributed by atoms with Gasteiger partial charge in [-0.15, -0.1) is 5.11 Å². The number of carboxylic acid groups (broad SMARTS) is 1. The predicted octanol–water partition coefficient (Wildman–Crippen LogP) is 6.03. The Labute approximate surface area is 169 Å². The number of carboxylic acids is 1. The number of benzene rings is 3. The molecule has 28 heavy (non-hydrogen) atoms. The van der Waals surface area contributed by atoms with E-state index in [0.29, 0.717) is 11.4 Å². The summed E-state index contributed by atoms with van der Waals surface area (Å²) in [7, 11) is 0. The minimum atomic E-state index is -1.44. The van der Waals surface area contributed by atoms with Gasteiger partial charge >= 0.3 is 5.97 Å². The first-order valence-electron chi connectivity index (χ1n) is 8.19. The number of nitrogens with one attached hydrogen (secondary N) is 1. The number of phenols is 2. The first-order valence-corrected chi connectivity index (χ1v) is 8.98. The standard InChI is InChI=1S/C20H16BrN3O4/c1-11-4-2-3-5-14(11)22-15-10-16(25)18(17(19(15)26)20(27)28)24-23-13-8-6-12(21)7-9-13/h2-10,22,25-26H,1H3,(H,27,28). The molecule has 0 aliphatic heterocycles. The van der Waals surface area contributed by atoms with Gasteiger partial charge in [0.2, 0.25) is 0 Å². The summed E-state index contributed by atoms with van der Waals surface area (Å²) >= 11 is 3.30. The van der Waals surface area contributed by atoms with Crippen LogP contribution in [0.25, 0.3) is 0 Å². The SMILES string of the molecule is Cc1ccccc1Nc1cc(O)c(N=Nc2ccc(Br)cc2)c(C(=O)O)c1O. The molecule has 0 bridgehead atoms. The van der Waals surface area contributed by atoms with Crippen LogP contribution in [0.5, 0.6) is 11.5 Å². The van der Waals surface area contributed by atoms with E-state index in [1.807, 2.05) is 19.1 Å². The number of aromatic hydroxyl groups is 2. The number of nitrogens with zero attached hydrogens (tertiary/aromatic N) is 2. The van der Waals surface area contributed by atoms with Crippen molar-refractivity contribution in [3.8, 4) is 11.5 Å². The molecule has 0 aliphatic rings. The first kappa shape index (κ1) is 19.4. The van der Waals surface area contributed by atoms with Crippen LogP contribution >= 0.6 is 15.9 Å². The Morgan fingerprint density at radius 2 is 1.68 bits per heavy atom. The molecule has 7 nitrogen and oxygen atoms in total. The molecular formula is C20H16BrN3O4.